The lowest BCUT2D eigenvalue weighted by Crippen LogP contribution is -2.09. The number of alkyl halides is 2. The molecule has 0 aromatic heterocycles. The van der Waals surface area contributed by atoms with Crippen LogP contribution in [-0.4, -0.2) is 10.6 Å². The molecular weight excluding hydrogens is 255 g/mol. The van der Waals surface area contributed by atoms with Gasteiger partial charge < -0.3 is 0 Å². The zero-order chi connectivity index (χ0) is 12.3. The molecule has 0 fully saturated rings. The summed E-state index contributed by atoms with van der Waals surface area (Å²) in [6.45, 7) is 0. The molecule has 0 saturated carbocycles. The van der Waals surface area contributed by atoms with E-state index in [1.54, 1.807) is 12.1 Å². The minimum atomic E-state index is -1.03. The van der Waals surface area contributed by atoms with E-state index in [2.05, 4.69) is 0 Å². The van der Waals surface area contributed by atoms with Crippen LogP contribution in [0.1, 0.15) is 10.4 Å². The number of carbonyl (C=O) groups excluding carboxylic acids is 1. The predicted octanol–water partition coefficient (Wildman–Crippen LogP) is 4.34. The summed E-state index contributed by atoms with van der Waals surface area (Å²) in [6.07, 6.45) is 0. The number of ketones is 1. The third kappa shape index (κ3) is 2.68. The molecule has 17 heavy (non-hydrogen) atoms. The Morgan fingerprint density at radius 2 is 1.47 bits per heavy atom. The molecule has 2 aromatic carbocycles. The number of Topliss-reactive ketones (excluding diaryl/α,β-unsaturated/α-hetero) is 1. The van der Waals surface area contributed by atoms with Gasteiger partial charge in [0, 0.05) is 5.56 Å². The molecule has 0 bridgehead atoms. The van der Waals surface area contributed by atoms with E-state index in [0.717, 1.165) is 11.1 Å². The van der Waals surface area contributed by atoms with Crippen molar-refractivity contribution < 1.29 is 4.79 Å². The van der Waals surface area contributed by atoms with Gasteiger partial charge in [-0.2, -0.15) is 0 Å². The largest absolute Gasteiger partial charge is 0.291 e. The van der Waals surface area contributed by atoms with E-state index in [9.17, 15) is 4.79 Å². The number of halogens is 2. The molecule has 0 spiro atoms. The topological polar surface area (TPSA) is 17.1 Å². The van der Waals surface area contributed by atoms with Gasteiger partial charge in [0.05, 0.1) is 0 Å². The summed E-state index contributed by atoms with van der Waals surface area (Å²) < 4.78 is 0. The quantitative estimate of drug-likeness (QED) is 0.596. The lowest BCUT2D eigenvalue weighted by Gasteiger charge is -2.08. The standard InChI is InChI=1S/C14H10Cl2O/c15-14(16)13(17)12-9-5-4-8-11(12)10-6-2-1-3-7-10/h1-9,14H. The van der Waals surface area contributed by atoms with E-state index >= 15 is 0 Å². The van der Waals surface area contributed by atoms with Crippen LogP contribution in [-0.2, 0) is 0 Å². The Balaban J connectivity index is 2.52. The number of benzene rings is 2. The fraction of sp³-hybridized carbons (Fsp3) is 0.0714. The van der Waals surface area contributed by atoms with E-state index < -0.39 is 4.84 Å². The van der Waals surface area contributed by atoms with Crippen LogP contribution in [0.25, 0.3) is 11.1 Å². The van der Waals surface area contributed by atoms with E-state index in [1.807, 2.05) is 42.5 Å². The fourth-order valence-corrected chi connectivity index (χ4v) is 1.92. The Hall–Kier alpha value is -1.31. The van der Waals surface area contributed by atoms with Gasteiger partial charge in [0.2, 0.25) is 0 Å². The first-order valence-electron chi connectivity index (χ1n) is 5.17. The van der Waals surface area contributed by atoms with Gasteiger partial charge in [-0.25, -0.2) is 0 Å². The molecule has 0 saturated heterocycles. The van der Waals surface area contributed by atoms with Crippen LogP contribution in [0.4, 0.5) is 0 Å². The second kappa shape index (κ2) is 5.35. The summed E-state index contributed by atoms with van der Waals surface area (Å²) in [4.78, 5) is 10.8. The predicted molar refractivity (Wildman–Crippen MR) is 71.7 cm³/mol. The third-order valence-corrected chi connectivity index (χ3v) is 2.87. The molecule has 0 N–H and O–H groups in total. The average molecular weight is 265 g/mol. The van der Waals surface area contributed by atoms with Gasteiger partial charge in [-0.1, -0.05) is 77.8 Å². The Labute approximate surface area is 110 Å². The van der Waals surface area contributed by atoms with Crippen molar-refractivity contribution in [1.29, 1.82) is 0 Å². The first kappa shape index (κ1) is 12.2. The number of hydrogen-bond donors (Lipinski definition) is 0. The van der Waals surface area contributed by atoms with Crippen LogP contribution in [0.2, 0.25) is 0 Å². The summed E-state index contributed by atoms with van der Waals surface area (Å²) in [5.74, 6) is -0.271. The lowest BCUT2D eigenvalue weighted by atomic mass is 9.98. The number of carbonyl (C=O) groups is 1. The second-order valence-corrected chi connectivity index (χ2v) is 4.67. The van der Waals surface area contributed by atoms with Crippen LogP contribution < -0.4 is 0 Å². The first-order valence-corrected chi connectivity index (χ1v) is 6.04. The van der Waals surface area contributed by atoms with Crippen molar-refractivity contribution in [2.45, 2.75) is 4.84 Å². The fourth-order valence-electron chi connectivity index (χ4n) is 1.68. The molecule has 0 aliphatic rings. The number of rotatable bonds is 3. The van der Waals surface area contributed by atoms with Crippen LogP contribution in [0.15, 0.2) is 54.6 Å². The van der Waals surface area contributed by atoms with Crippen LogP contribution in [0.3, 0.4) is 0 Å². The summed E-state index contributed by atoms with van der Waals surface area (Å²) in [5.41, 5.74) is 2.38. The molecule has 0 unspecified atom stereocenters. The maximum absolute atomic E-state index is 11.9. The Bertz CT molecular complexity index is 521. The molecule has 0 aliphatic carbocycles. The number of hydrogen-bond acceptors (Lipinski definition) is 1. The van der Waals surface area contributed by atoms with Crippen molar-refractivity contribution in [3.8, 4) is 11.1 Å². The minimum Gasteiger partial charge on any atom is -0.291 e. The summed E-state index contributed by atoms with van der Waals surface area (Å²) >= 11 is 11.3. The van der Waals surface area contributed by atoms with Gasteiger partial charge >= 0.3 is 0 Å². The zero-order valence-electron chi connectivity index (χ0n) is 8.94. The Kier molecular flexibility index (Phi) is 3.82. The molecule has 0 atom stereocenters. The van der Waals surface area contributed by atoms with Gasteiger partial charge in [-0.15, -0.1) is 0 Å². The highest BCUT2D eigenvalue weighted by Gasteiger charge is 2.17. The monoisotopic (exact) mass is 264 g/mol. The van der Waals surface area contributed by atoms with E-state index in [4.69, 9.17) is 23.2 Å². The second-order valence-electron chi connectivity index (χ2n) is 3.58. The van der Waals surface area contributed by atoms with Crippen molar-refractivity contribution in [3.05, 3.63) is 60.2 Å². The van der Waals surface area contributed by atoms with Crippen LogP contribution in [0.5, 0.6) is 0 Å². The molecule has 0 amide bonds. The van der Waals surface area contributed by atoms with Crippen LogP contribution >= 0.6 is 23.2 Å². The molecule has 0 radical (unpaired) electrons. The van der Waals surface area contributed by atoms with E-state index in [0.29, 0.717) is 5.56 Å². The highest BCUT2D eigenvalue weighted by molar-refractivity contribution is 6.55. The van der Waals surface area contributed by atoms with Crippen molar-refractivity contribution >= 4 is 29.0 Å². The Morgan fingerprint density at radius 3 is 2.12 bits per heavy atom. The summed E-state index contributed by atoms with van der Waals surface area (Å²) in [5, 5.41) is 0. The van der Waals surface area contributed by atoms with Crippen molar-refractivity contribution in [2.75, 3.05) is 0 Å². The highest BCUT2D eigenvalue weighted by atomic mass is 35.5. The Morgan fingerprint density at radius 1 is 0.882 bits per heavy atom. The minimum absolute atomic E-state index is 0.271. The first-order chi connectivity index (χ1) is 8.20. The van der Waals surface area contributed by atoms with Gasteiger partial charge in [0.1, 0.15) is 0 Å². The highest BCUT2D eigenvalue weighted by Crippen LogP contribution is 2.25. The van der Waals surface area contributed by atoms with Crippen molar-refractivity contribution in [3.63, 3.8) is 0 Å². The van der Waals surface area contributed by atoms with Gasteiger partial charge in [-0.05, 0) is 11.1 Å². The SMILES string of the molecule is O=C(c1ccccc1-c1ccccc1)C(Cl)Cl. The third-order valence-electron chi connectivity index (χ3n) is 2.48. The smallest absolute Gasteiger partial charge is 0.196 e. The molecular formula is C14H10Cl2O. The van der Waals surface area contributed by atoms with Crippen molar-refractivity contribution in [2.24, 2.45) is 0 Å². The molecule has 3 heteroatoms. The zero-order valence-corrected chi connectivity index (χ0v) is 10.4. The lowest BCUT2D eigenvalue weighted by molar-refractivity contribution is 0.101. The summed E-state index contributed by atoms with van der Waals surface area (Å²) in [6, 6.07) is 17.0. The molecule has 0 heterocycles. The molecule has 2 aromatic rings. The summed E-state index contributed by atoms with van der Waals surface area (Å²) in [7, 11) is 0. The normalized spacial score (nSPS) is 10.5. The van der Waals surface area contributed by atoms with Crippen molar-refractivity contribution in [1.82, 2.24) is 0 Å². The van der Waals surface area contributed by atoms with E-state index in [-0.39, 0.29) is 5.78 Å². The molecule has 86 valence electrons. The molecule has 2 rings (SSSR count). The van der Waals surface area contributed by atoms with Crippen LogP contribution in [0, 0.1) is 0 Å². The maximum Gasteiger partial charge on any atom is 0.196 e. The van der Waals surface area contributed by atoms with Gasteiger partial charge in [0.15, 0.2) is 10.6 Å². The average Bonchev–Trinajstić information content (AvgIpc) is 2.39. The maximum atomic E-state index is 11.9. The molecule has 1 nitrogen and oxygen atoms in total. The van der Waals surface area contributed by atoms with Gasteiger partial charge in [-0.3, -0.25) is 4.79 Å². The van der Waals surface area contributed by atoms with Gasteiger partial charge in [0.25, 0.3) is 0 Å². The molecule has 0 aliphatic heterocycles. The van der Waals surface area contributed by atoms with E-state index in [1.165, 1.54) is 0 Å².